The van der Waals surface area contributed by atoms with Crippen LogP contribution >= 0.6 is 0 Å². The molecule has 3 aromatic rings. The molecule has 1 aliphatic heterocycles. The minimum atomic E-state index is 0.123. The molecule has 0 radical (unpaired) electrons. The van der Waals surface area contributed by atoms with Crippen LogP contribution < -0.4 is 4.90 Å². The molecule has 2 aromatic carbocycles. The second kappa shape index (κ2) is 9.88. The molecule has 0 spiro atoms. The third kappa shape index (κ3) is 5.59. The zero-order valence-corrected chi connectivity index (χ0v) is 18.5. The first-order valence-electron chi connectivity index (χ1n) is 11.1. The molecule has 1 aromatic heterocycles. The lowest BCUT2D eigenvalue weighted by atomic mass is 9.96. The number of anilines is 1. The lowest BCUT2D eigenvalue weighted by Gasteiger charge is -2.33. The quantitative estimate of drug-likeness (QED) is 0.557. The van der Waals surface area contributed by atoms with E-state index in [0.717, 1.165) is 37.4 Å². The highest BCUT2D eigenvalue weighted by molar-refractivity contribution is 5.81. The standard InChI is InChI=1S/C27H31N3O/c1-21(27-13-12-25(20-28-27)30-16-14-29(2)15-17-30)18-26(31)19-22-8-10-24(11-9-22)23-6-4-3-5-7-23/h3-13,20-21H,14-19H2,1-2H3/t21-/m0/s1. The molecule has 1 saturated heterocycles. The number of Topliss-reactive ketones (excluding diaryl/α,β-unsaturated/α-hetero) is 1. The summed E-state index contributed by atoms with van der Waals surface area (Å²) in [6.45, 7) is 6.33. The molecule has 4 rings (SSSR count). The molecule has 2 heterocycles. The predicted octanol–water partition coefficient (Wildman–Crippen LogP) is 4.81. The van der Waals surface area contributed by atoms with Crippen molar-refractivity contribution in [2.24, 2.45) is 0 Å². The number of carbonyl (C=O) groups is 1. The molecular formula is C27H31N3O. The Hall–Kier alpha value is -2.98. The number of piperazine rings is 1. The van der Waals surface area contributed by atoms with Crippen LogP contribution in [0.25, 0.3) is 11.1 Å². The van der Waals surface area contributed by atoms with Crippen LogP contribution in [-0.2, 0) is 11.2 Å². The fourth-order valence-corrected chi connectivity index (χ4v) is 4.13. The smallest absolute Gasteiger partial charge is 0.137 e. The van der Waals surface area contributed by atoms with Crippen molar-refractivity contribution in [3.05, 3.63) is 84.2 Å². The number of pyridine rings is 1. The Balaban J connectivity index is 1.31. The first kappa shape index (κ1) is 21.3. The van der Waals surface area contributed by atoms with Gasteiger partial charge in [0.25, 0.3) is 0 Å². The molecule has 1 atom stereocenters. The number of nitrogens with zero attached hydrogens (tertiary/aromatic N) is 3. The van der Waals surface area contributed by atoms with Crippen LogP contribution in [0.4, 0.5) is 5.69 Å². The summed E-state index contributed by atoms with van der Waals surface area (Å²) >= 11 is 0. The molecule has 31 heavy (non-hydrogen) atoms. The van der Waals surface area contributed by atoms with Crippen LogP contribution in [0.5, 0.6) is 0 Å². The van der Waals surface area contributed by atoms with Crippen molar-refractivity contribution in [2.45, 2.75) is 25.7 Å². The average molecular weight is 414 g/mol. The third-order valence-corrected chi connectivity index (χ3v) is 6.14. The highest BCUT2D eigenvalue weighted by atomic mass is 16.1. The van der Waals surface area contributed by atoms with Crippen molar-refractivity contribution in [3.63, 3.8) is 0 Å². The Morgan fingerprint density at radius 2 is 1.58 bits per heavy atom. The zero-order chi connectivity index (χ0) is 21.6. The zero-order valence-electron chi connectivity index (χ0n) is 18.5. The third-order valence-electron chi connectivity index (χ3n) is 6.14. The van der Waals surface area contributed by atoms with Gasteiger partial charge in [0, 0.05) is 50.6 Å². The monoisotopic (exact) mass is 413 g/mol. The molecule has 0 amide bonds. The molecule has 160 valence electrons. The van der Waals surface area contributed by atoms with E-state index in [9.17, 15) is 4.79 Å². The van der Waals surface area contributed by atoms with Crippen LogP contribution in [0.1, 0.15) is 30.5 Å². The number of benzene rings is 2. The van der Waals surface area contributed by atoms with Crippen LogP contribution in [0.3, 0.4) is 0 Å². The Morgan fingerprint density at radius 3 is 2.23 bits per heavy atom. The maximum Gasteiger partial charge on any atom is 0.137 e. The fourth-order valence-electron chi connectivity index (χ4n) is 4.13. The SMILES string of the molecule is C[C@@H](CC(=O)Cc1ccc(-c2ccccc2)cc1)c1ccc(N2CCN(C)CC2)cn1. The highest BCUT2D eigenvalue weighted by Gasteiger charge is 2.17. The molecular weight excluding hydrogens is 382 g/mol. The topological polar surface area (TPSA) is 36.4 Å². The number of hydrogen-bond donors (Lipinski definition) is 0. The predicted molar refractivity (Wildman–Crippen MR) is 128 cm³/mol. The van der Waals surface area contributed by atoms with Gasteiger partial charge in [-0.3, -0.25) is 9.78 Å². The van der Waals surface area contributed by atoms with Gasteiger partial charge in [-0.05, 0) is 35.9 Å². The van der Waals surface area contributed by atoms with E-state index in [-0.39, 0.29) is 11.7 Å². The largest absolute Gasteiger partial charge is 0.368 e. The lowest BCUT2D eigenvalue weighted by molar-refractivity contribution is -0.118. The summed E-state index contributed by atoms with van der Waals surface area (Å²) < 4.78 is 0. The number of hydrogen-bond acceptors (Lipinski definition) is 4. The summed E-state index contributed by atoms with van der Waals surface area (Å²) in [5, 5.41) is 0. The minimum absolute atomic E-state index is 0.123. The fraction of sp³-hybridized carbons (Fsp3) is 0.333. The van der Waals surface area contributed by atoms with Gasteiger partial charge in [0.1, 0.15) is 5.78 Å². The molecule has 1 aliphatic rings. The molecule has 0 saturated carbocycles. The van der Waals surface area contributed by atoms with Gasteiger partial charge in [-0.1, -0.05) is 61.5 Å². The summed E-state index contributed by atoms with van der Waals surface area (Å²) in [7, 11) is 2.16. The summed E-state index contributed by atoms with van der Waals surface area (Å²) in [4.78, 5) is 22.1. The van der Waals surface area contributed by atoms with Crippen molar-refractivity contribution in [3.8, 4) is 11.1 Å². The van der Waals surface area contributed by atoms with E-state index in [2.05, 4.69) is 77.3 Å². The number of likely N-dealkylation sites (N-methyl/N-ethyl adjacent to an activating group) is 1. The van der Waals surface area contributed by atoms with E-state index in [1.165, 1.54) is 16.8 Å². The Bertz CT molecular complexity index is 975. The van der Waals surface area contributed by atoms with Crippen LogP contribution in [0.15, 0.2) is 72.9 Å². The Labute approximate surface area is 185 Å². The van der Waals surface area contributed by atoms with Crippen molar-refractivity contribution in [2.75, 3.05) is 38.1 Å². The van der Waals surface area contributed by atoms with E-state index in [0.29, 0.717) is 12.8 Å². The van der Waals surface area contributed by atoms with Crippen LogP contribution in [0.2, 0.25) is 0 Å². The van der Waals surface area contributed by atoms with Gasteiger partial charge >= 0.3 is 0 Å². The van der Waals surface area contributed by atoms with Crippen LogP contribution in [-0.4, -0.2) is 48.9 Å². The van der Waals surface area contributed by atoms with Gasteiger partial charge in [-0.2, -0.15) is 0 Å². The summed E-state index contributed by atoms with van der Waals surface area (Å²) in [5.74, 6) is 0.377. The molecule has 0 unspecified atom stereocenters. The van der Waals surface area contributed by atoms with Gasteiger partial charge in [0.2, 0.25) is 0 Å². The van der Waals surface area contributed by atoms with E-state index in [4.69, 9.17) is 0 Å². The van der Waals surface area contributed by atoms with Gasteiger partial charge in [-0.25, -0.2) is 0 Å². The Kier molecular flexibility index (Phi) is 6.78. The molecule has 4 nitrogen and oxygen atoms in total. The van der Waals surface area contributed by atoms with Gasteiger partial charge < -0.3 is 9.80 Å². The van der Waals surface area contributed by atoms with Crippen molar-refractivity contribution in [1.82, 2.24) is 9.88 Å². The molecule has 0 N–H and O–H groups in total. The van der Waals surface area contributed by atoms with E-state index >= 15 is 0 Å². The average Bonchev–Trinajstić information content (AvgIpc) is 2.81. The number of rotatable bonds is 7. The number of ketones is 1. The molecule has 0 aliphatic carbocycles. The second-order valence-corrected chi connectivity index (χ2v) is 8.62. The van der Waals surface area contributed by atoms with Gasteiger partial charge in [0.15, 0.2) is 0 Å². The number of aromatic nitrogens is 1. The maximum absolute atomic E-state index is 12.7. The summed E-state index contributed by atoms with van der Waals surface area (Å²) in [5.41, 5.74) is 5.60. The summed E-state index contributed by atoms with van der Waals surface area (Å²) in [6.07, 6.45) is 2.95. The second-order valence-electron chi connectivity index (χ2n) is 8.62. The maximum atomic E-state index is 12.7. The van der Waals surface area contributed by atoms with Crippen molar-refractivity contribution >= 4 is 11.5 Å². The van der Waals surface area contributed by atoms with E-state index in [1.54, 1.807) is 0 Å². The minimum Gasteiger partial charge on any atom is -0.368 e. The molecule has 0 bridgehead atoms. The lowest BCUT2D eigenvalue weighted by Crippen LogP contribution is -2.44. The Morgan fingerprint density at radius 1 is 0.903 bits per heavy atom. The molecule has 4 heteroatoms. The van der Waals surface area contributed by atoms with Crippen LogP contribution in [0, 0.1) is 0 Å². The summed E-state index contributed by atoms with van der Waals surface area (Å²) in [6, 6.07) is 22.9. The highest BCUT2D eigenvalue weighted by Crippen LogP contribution is 2.23. The van der Waals surface area contributed by atoms with E-state index < -0.39 is 0 Å². The first-order valence-corrected chi connectivity index (χ1v) is 11.1. The van der Waals surface area contributed by atoms with Crippen molar-refractivity contribution in [1.29, 1.82) is 0 Å². The normalized spacial score (nSPS) is 15.6. The van der Waals surface area contributed by atoms with Gasteiger partial charge in [-0.15, -0.1) is 0 Å². The first-order chi connectivity index (χ1) is 15.1. The van der Waals surface area contributed by atoms with E-state index in [1.807, 2.05) is 24.4 Å². The number of carbonyl (C=O) groups excluding carboxylic acids is 1. The van der Waals surface area contributed by atoms with Gasteiger partial charge in [0.05, 0.1) is 11.9 Å². The molecule has 1 fully saturated rings. The van der Waals surface area contributed by atoms with Crippen molar-refractivity contribution < 1.29 is 4.79 Å².